The third-order valence-electron chi connectivity index (χ3n) is 19.9. The highest BCUT2D eigenvalue weighted by atomic mass is 15.3. The van der Waals surface area contributed by atoms with Crippen LogP contribution in [0.3, 0.4) is 0 Å². The molecule has 14 rings (SSSR count). The minimum atomic E-state index is -0.351. The van der Waals surface area contributed by atoms with Gasteiger partial charge in [-0.15, -0.1) is 0 Å². The lowest BCUT2D eigenvalue weighted by atomic mass is 9.33. The van der Waals surface area contributed by atoms with Crippen molar-refractivity contribution in [1.29, 1.82) is 0 Å². The van der Waals surface area contributed by atoms with E-state index in [0.717, 1.165) is 25.7 Å². The molecule has 4 aliphatic heterocycles. The first-order valence-electron chi connectivity index (χ1n) is 27.1. The fraction of sp³-hybridized carbons (Fsp3) is 0.373. The van der Waals surface area contributed by atoms with E-state index in [9.17, 15) is 0 Å². The van der Waals surface area contributed by atoms with Crippen LogP contribution in [0.4, 0.5) is 22.7 Å². The summed E-state index contributed by atoms with van der Waals surface area (Å²) in [5, 5.41) is 2.74. The van der Waals surface area contributed by atoms with Crippen molar-refractivity contribution in [3.05, 3.63) is 178 Å². The maximum Gasteiger partial charge on any atom is 0.252 e. The average Bonchev–Trinajstić information content (AvgIpc) is 3.88. The van der Waals surface area contributed by atoms with Crippen molar-refractivity contribution in [3.63, 3.8) is 0 Å². The monoisotopic (exact) mass is 928 g/mol. The SMILES string of the molecule is CC(C)(C)c1ccc2c(c1)C1(C)CCc3ccccc3C1(C)N2c1cc2c3c(c1)-n1c4ccc(C(C)(C)C)cc4c4cc(C(C)(C)C)cc(c41)B3c1cccc3c1N2C1(C)CCCCC31c1ccccc1. The summed E-state index contributed by atoms with van der Waals surface area (Å²) >= 11 is 0. The number of hydrogen-bond donors (Lipinski definition) is 0. The van der Waals surface area contributed by atoms with Crippen molar-refractivity contribution in [2.45, 2.75) is 160 Å². The molecule has 1 fully saturated rings. The van der Waals surface area contributed by atoms with Gasteiger partial charge >= 0.3 is 0 Å². The van der Waals surface area contributed by atoms with Crippen LogP contribution in [0.15, 0.2) is 133 Å². The summed E-state index contributed by atoms with van der Waals surface area (Å²) in [6.45, 7) is 29.4. The molecule has 0 spiro atoms. The Hall–Kier alpha value is -6.00. The van der Waals surface area contributed by atoms with Crippen LogP contribution in [0, 0.1) is 0 Å². The lowest BCUT2D eigenvalue weighted by molar-refractivity contribution is 0.215. The number of para-hydroxylation sites is 1. The first-order chi connectivity index (χ1) is 33.7. The zero-order valence-corrected chi connectivity index (χ0v) is 44.4. The van der Waals surface area contributed by atoms with Gasteiger partial charge in [-0.2, -0.15) is 0 Å². The number of fused-ring (bicyclic) bond motifs is 15. The molecule has 0 N–H and O–H groups in total. The molecule has 0 amide bonds. The van der Waals surface area contributed by atoms with Crippen LogP contribution >= 0.6 is 0 Å². The van der Waals surface area contributed by atoms with Crippen molar-refractivity contribution in [3.8, 4) is 5.69 Å². The second-order valence-corrected chi connectivity index (χ2v) is 26.6. The van der Waals surface area contributed by atoms with Gasteiger partial charge in [-0.05, 0) is 153 Å². The Labute approximate surface area is 423 Å². The fourth-order valence-corrected chi connectivity index (χ4v) is 16.0. The van der Waals surface area contributed by atoms with Gasteiger partial charge in [-0.1, -0.05) is 179 Å². The van der Waals surface area contributed by atoms with Crippen LogP contribution in [0.5, 0.6) is 0 Å². The van der Waals surface area contributed by atoms with E-state index in [1.807, 2.05) is 0 Å². The Kier molecular flexibility index (Phi) is 8.47. The third-order valence-corrected chi connectivity index (χ3v) is 19.9. The molecule has 2 aliphatic carbocycles. The summed E-state index contributed by atoms with van der Waals surface area (Å²) in [6.07, 6.45) is 6.89. The van der Waals surface area contributed by atoms with Crippen molar-refractivity contribution in [1.82, 2.24) is 4.57 Å². The first kappa shape index (κ1) is 43.8. The molecule has 8 aromatic rings. The standard InChI is InChI=1S/C67H70BN3/c1-61(2,3)43-27-29-54-47(35-43)48-36-45(63(7,8)9)38-53-59(48)69(54)56-39-46(70-55-30-28-44(62(4,5)6)37-51(55)64(10)34-31-41-21-16-17-24-49(41)66(64,70)12)40-57-58(56)68(53)52-26-20-25-50-60(52)71(57)65(11)32-18-19-33-67(50,65)42-22-14-13-15-23-42/h13-17,20-30,35-40H,18-19,31-34H2,1-12H3. The molecule has 4 heteroatoms. The second-order valence-electron chi connectivity index (χ2n) is 26.6. The summed E-state index contributed by atoms with van der Waals surface area (Å²) in [5.74, 6) is 0. The number of aryl methyl sites for hydroxylation is 1. The number of anilines is 4. The molecule has 5 heterocycles. The number of benzene rings is 7. The molecule has 3 nitrogen and oxygen atoms in total. The molecule has 7 aromatic carbocycles. The molecule has 1 saturated carbocycles. The van der Waals surface area contributed by atoms with Crippen LogP contribution in [-0.2, 0) is 39.0 Å². The lowest BCUT2D eigenvalue weighted by Gasteiger charge is -2.54. The van der Waals surface area contributed by atoms with E-state index in [4.69, 9.17) is 0 Å². The molecule has 356 valence electrons. The molecule has 0 radical (unpaired) electrons. The van der Waals surface area contributed by atoms with E-state index in [2.05, 4.69) is 231 Å². The summed E-state index contributed by atoms with van der Waals surface area (Å²) in [5.41, 5.74) is 24.7. The van der Waals surface area contributed by atoms with Gasteiger partial charge in [0.15, 0.2) is 0 Å². The summed E-state index contributed by atoms with van der Waals surface area (Å²) in [6, 6.07) is 54.2. The second kappa shape index (κ2) is 13.7. The van der Waals surface area contributed by atoms with Crippen molar-refractivity contribution >= 4 is 67.7 Å². The van der Waals surface area contributed by atoms with E-state index in [0.29, 0.717) is 0 Å². The zero-order chi connectivity index (χ0) is 49.2. The van der Waals surface area contributed by atoms with Crippen LogP contribution < -0.4 is 26.2 Å². The largest absolute Gasteiger partial charge is 0.335 e. The van der Waals surface area contributed by atoms with Crippen LogP contribution in [-0.4, -0.2) is 16.8 Å². The predicted octanol–water partition coefficient (Wildman–Crippen LogP) is 14.9. The molecule has 0 bridgehead atoms. The summed E-state index contributed by atoms with van der Waals surface area (Å²) in [7, 11) is 0. The quantitative estimate of drug-likeness (QED) is 0.160. The highest BCUT2D eigenvalue weighted by Gasteiger charge is 2.65. The van der Waals surface area contributed by atoms with Gasteiger partial charge in [0, 0.05) is 55.6 Å². The number of nitrogens with zero attached hydrogens (tertiary/aromatic N) is 3. The Morgan fingerprint density at radius 1 is 0.507 bits per heavy atom. The molecular weight excluding hydrogens is 858 g/mol. The molecular formula is C67H70BN3. The first-order valence-corrected chi connectivity index (χ1v) is 27.1. The van der Waals surface area contributed by atoms with E-state index >= 15 is 0 Å². The van der Waals surface area contributed by atoms with Gasteiger partial charge in [0.25, 0.3) is 6.71 Å². The highest BCUT2D eigenvalue weighted by Crippen LogP contribution is 2.67. The molecule has 1 aromatic heterocycles. The number of hydrogen-bond acceptors (Lipinski definition) is 2. The van der Waals surface area contributed by atoms with Crippen molar-refractivity contribution < 1.29 is 0 Å². The molecule has 4 atom stereocenters. The van der Waals surface area contributed by atoms with Crippen molar-refractivity contribution in [2.75, 3.05) is 9.80 Å². The van der Waals surface area contributed by atoms with Crippen LogP contribution in [0.25, 0.3) is 27.5 Å². The maximum absolute atomic E-state index is 2.96. The average molecular weight is 928 g/mol. The van der Waals surface area contributed by atoms with Gasteiger partial charge < -0.3 is 14.4 Å². The number of aromatic nitrogens is 1. The van der Waals surface area contributed by atoms with E-state index < -0.39 is 0 Å². The van der Waals surface area contributed by atoms with Crippen molar-refractivity contribution in [2.24, 2.45) is 0 Å². The lowest BCUT2D eigenvalue weighted by Crippen LogP contribution is -2.64. The molecule has 0 saturated heterocycles. The summed E-state index contributed by atoms with van der Waals surface area (Å²) in [4.78, 5) is 5.81. The maximum atomic E-state index is 2.96. The van der Waals surface area contributed by atoms with Gasteiger partial charge in [-0.3, -0.25) is 0 Å². The van der Waals surface area contributed by atoms with Gasteiger partial charge in [0.2, 0.25) is 0 Å². The Bertz CT molecular complexity index is 3630. The fourth-order valence-electron chi connectivity index (χ4n) is 16.0. The third kappa shape index (κ3) is 5.27. The minimum absolute atomic E-state index is 0.0128. The Morgan fingerprint density at radius 2 is 1.17 bits per heavy atom. The van der Waals surface area contributed by atoms with Crippen LogP contribution in [0.1, 0.15) is 160 Å². The Morgan fingerprint density at radius 3 is 1.93 bits per heavy atom. The topological polar surface area (TPSA) is 11.4 Å². The van der Waals surface area contributed by atoms with E-state index in [-0.39, 0.29) is 44.9 Å². The van der Waals surface area contributed by atoms with Gasteiger partial charge in [-0.25, -0.2) is 0 Å². The van der Waals surface area contributed by atoms with Crippen LogP contribution in [0.2, 0.25) is 0 Å². The highest BCUT2D eigenvalue weighted by molar-refractivity contribution is 7.00. The normalized spacial score (nSPS) is 24.7. The Balaban J connectivity index is 1.16. The van der Waals surface area contributed by atoms with E-state index in [1.165, 1.54) is 124 Å². The van der Waals surface area contributed by atoms with E-state index in [1.54, 1.807) is 0 Å². The minimum Gasteiger partial charge on any atom is -0.335 e. The zero-order valence-electron chi connectivity index (χ0n) is 44.4. The summed E-state index contributed by atoms with van der Waals surface area (Å²) < 4.78 is 2.74. The predicted molar refractivity (Wildman–Crippen MR) is 302 cm³/mol. The number of rotatable bonds is 2. The molecule has 6 aliphatic rings. The molecule has 4 unspecified atom stereocenters. The van der Waals surface area contributed by atoms with Gasteiger partial charge in [0.1, 0.15) is 0 Å². The van der Waals surface area contributed by atoms with Gasteiger partial charge in [0.05, 0.1) is 16.6 Å². The molecule has 71 heavy (non-hydrogen) atoms. The smallest absolute Gasteiger partial charge is 0.252 e.